The fourth-order valence-electron chi connectivity index (χ4n) is 2.98. The molecule has 1 aromatic carbocycles. The van der Waals surface area contributed by atoms with Gasteiger partial charge in [-0.3, -0.25) is 4.79 Å². The third-order valence-corrected chi connectivity index (χ3v) is 4.61. The first kappa shape index (κ1) is 14.9. The van der Waals surface area contributed by atoms with Crippen LogP contribution in [0.25, 0.3) is 0 Å². The maximum absolute atomic E-state index is 11.6. The van der Waals surface area contributed by atoms with Gasteiger partial charge in [0.2, 0.25) is 5.91 Å². The van der Waals surface area contributed by atoms with E-state index in [1.54, 1.807) is 7.05 Å². The molecule has 3 unspecified atom stereocenters. The van der Waals surface area contributed by atoms with Crippen molar-refractivity contribution in [2.75, 3.05) is 12.4 Å². The van der Waals surface area contributed by atoms with Crippen molar-refractivity contribution in [3.63, 3.8) is 0 Å². The first-order chi connectivity index (χ1) is 9.60. The number of carbonyl (C=O) groups excluding carboxylic acids is 1. The molecule has 2 rings (SSSR count). The number of rotatable bonds is 4. The molecule has 0 saturated heterocycles. The minimum Gasteiger partial charge on any atom is -0.382 e. The highest BCUT2D eigenvalue weighted by Crippen LogP contribution is 2.31. The molecule has 20 heavy (non-hydrogen) atoms. The summed E-state index contributed by atoms with van der Waals surface area (Å²) in [7, 11) is 1.68. The van der Waals surface area contributed by atoms with Crippen molar-refractivity contribution in [1.82, 2.24) is 5.32 Å². The van der Waals surface area contributed by atoms with Gasteiger partial charge in [-0.2, -0.15) is 0 Å². The van der Waals surface area contributed by atoms with E-state index in [0.717, 1.165) is 23.1 Å². The summed E-state index contributed by atoms with van der Waals surface area (Å²) in [6, 6.07) is 8.68. The number of hydrogen-bond donors (Lipinski definition) is 2. The molecule has 1 aliphatic rings. The van der Waals surface area contributed by atoms with Crippen LogP contribution >= 0.6 is 0 Å². The van der Waals surface area contributed by atoms with Crippen molar-refractivity contribution >= 4 is 11.6 Å². The monoisotopic (exact) mass is 274 g/mol. The molecule has 0 heterocycles. The second-order valence-corrected chi connectivity index (χ2v) is 6.12. The van der Waals surface area contributed by atoms with E-state index < -0.39 is 0 Å². The summed E-state index contributed by atoms with van der Waals surface area (Å²) < 4.78 is 0. The van der Waals surface area contributed by atoms with Crippen LogP contribution in [0.15, 0.2) is 24.3 Å². The molecule has 0 bridgehead atoms. The van der Waals surface area contributed by atoms with Crippen LogP contribution in [-0.2, 0) is 11.2 Å². The Kier molecular flexibility index (Phi) is 5.05. The van der Waals surface area contributed by atoms with Gasteiger partial charge >= 0.3 is 0 Å². The van der Waals surface area contributed by atoms with Gasteiger partial charge in [-0.1, -0.05) is 32.0 Å². The van der Waals surface area contributed by atoms with Crippen LogP contribution in [-0.4, -0.2) is 19.0 Å². The Hall–Kier alpha value is -1.51. The topological polar surface area (TPSA) is 41.1 Å². The maximum atomic E-state index is 11.6. The van der Waals surface area contributed by atoms with E-state index in [4.69, 9.17) is 0 Å². The van der Waals surface area contributed by atoms with Gasteiger partial charge < -0.3 is 10.6 Å². The Balaban J connectivity index is 2.03. The lowest BCUT2D eigenvalue weighted by atomic mass is 9.79. The van der Waals surface area contributed by atoms with Crippen LogP contribution in [0.4, 0.5) is 5.69 Å². The Labute approximate surface area is 122 Å². The van der Waals surface area contributed by atoms with Crippen molar-refractivity contribution in [3.05, 3.63) is 29.8 Å². The smallest absolute Gasteiger partial charge is 0.224 e. The van der Waals surface area contributed by atoms with E-state index in [0.29, 0.717) is 12.5 Å². The summed E-state index contributed by atoms with van der Waals surface area (Å²) in [5, 5.41) is 6.34. The second kappa shape index (κ2) is 6.78. The van der Waals surface area contributed by atoms with E-state index in [2.05, 4.69) is 30.5 Å². The molecule has 0 spiro atoms. The van der Waals surface area contributed by atoms with Crippen LogP contribution in [0.5, 0.6) is 0 Å². The molecule has 3 nitrogen and oxygen atoms in total. The molecule has 3 atom stereocenters. The van der Waals surface area contributed by atoms with E-state index in [1.807, 2.05) is 18.2 Å². The predicted octanol–water partition coefficient (Wildman–Crippen LogP) is 3.21. The summed E-state index contributed by atoms with van der Waals surface area (Å²) in [5.74, 6) is 1.66. The lowest BCUT2D eigenvalue weighted by Crippen LogP contribution is -2.31. The van der Waals surface area contributed by atoms with Gasteiger partial charge in [0.15, 0.2) is 0 Å². The molecule has 1 aliphatic carbocycles. The Morgan fingerprint density at radius 3 is 2.65 bits per heavy atom. The molecule has 2 N–H and O–H groups in total. The Morgan fingerprint density at radius 1 is 1.20 bits per heavy atom. The van der Waals surface area contributed by atoms with Gasteiger partial charge in [-0.25, -0.2) is 0 Å². The lowest BCUT2D eigenvalue weighted by molar-refractivity contribution is -0.119. The van der Waals surface area contributed by atoms with Gasteiger partial charge in [-0.15, -0.1) is 0 Å². The Morgan fingerprint density at radius 2 is 1.95 bits per heavy atom. The zero-order chi connectivity index (χ0) is 14.5. The lowest BCUT2D eigenvalue weighted by Gasteiger charge is -2.33. The average Bonchev–Trinajstić information content (AvgIpc) is 2.45. The summed E-state index contributed by atoms with van der Waals surface area (Å²) in [6.07, 6.45) is 4.17. The number of amides is 1. The fraction of sp³-hybridized carbons (Fsp3) is 0.588. The zero-order valence-electron chi connectivity index (χ0n) is 12.8. The molecule has 1 fully saturated rings. The zero-order valence-corrected chi connectivity index (χ0v) is 12.8. The molecule has 110 valence electrons. The standard InChI is InChI=1S/C17H26N2O/c1-12-8-9-15(10-13(12)2)19-16-7-5-4-6-14(16)11-17(20)18-3/h4-7,12-13,15,19H,8-11H2,1-3H3,(H,18,20). The maximum Gasteiger partial charge on any atom is 0.224 e. The molecule has 1 amide bonds. The minimum atomic E-state index is 0.0601. The second-order valence-electron chi connectivity index (χ2n) is 6.12. The first-order valence-electron chi connectivity index (χ1n) is 7.65. The largest absolute Gasteiger partial charge is 0.382 e. The summed E-state index contributed by atoms with van der Waals surface area (Å²) >= 11 is 0. The van der Waals surface area contributed by atoms with Gasteiger partial charge in [-0.05, 0) is 42.7 Å². The number of anilines is 1. The molecule has 0 radical (unpaired) electrons. The number of hydrogen-bond acceptors (Lipinski definition) is 2. The van der Waals surface area contributed by atoms with Crippen LogP contribution < -0.4 is 10.6 Å². The van der Waals surface area contributed by atoms with Crippen LogP contribution in [0.1, 0.15) is 38.7 Å². The predicted molar refractivity (Wildman–Crippen MR) is 83.8 cm³/mol. The third kappa shape index (κ3) is 3.75. The quantitative estimate of drug-likeness (QED) is 0.885. The molecule has 0 aromatic heterocycles. The van der Waals surface area contributed by atoms with E-state index in [-0.39, 0.29) is 5.91 Å². The number of carbonyl (C=O) groups is 1. The number of likely N-dealkylation sites (N-methyl/N-ethyl adjacent to an activating group) is 1. The summed E-state index contributed by atoms with van der Waals surface area (Å²) in [5.41, 5.74) is 2.20. The number of benzene rings is 1. The van der Waals surface area contributed by atoms with Crippen molar-refractivity contribution < 1.29 is 4.79 Å². The van der Waals surface area contributed by atoms with Gasteiger partial charge in [0.05, 0.1) is 6.42 Å². The van der Waals surface area contributed by atoms with Crippen molar-refractivity contribution in [2.45, 2.75) is 45.6 Å². The van der Waals surface area contributed by atoms with Crippen LogP contribution in [0, 0.1) is 11.8 Å². The molecule has 3 heteroatoms. The summed E-state index contributed by atoms with van der Waals surface area (Å²) in [4.78, 5) is 11.6. The van der Waals surface area contributed by atoms with E-state index >= 15 is 0 Å². The molecule has 1 saturated carbocycles. The van der Waals surface area contributed by atoms with Gasteiger partial charge in [0, 0.05) is 18.8 Å². The Bertz CT molecular complexity index is 458. The molecule has 0 aliphatic heterocycles. The van der Waals surface area contributed by atoms with Gasteiger partial charge in [0.25, 0.3) is 0 Å². The molecular weight excluding hydrogens is 248 g/mol. The van der Waals surface area contributed by atoms with Crippen molar-refractivity contribution in [2.24, 2.45) is 11.8 Å². The highest BCUT2D eigenvalue weighted by Gasteiger charge is 2.24. The highest BCUT2D eigenvalue weighted by molar-refractivity contribution is 5.80. The molecular formula is C17H26N2O. The van der Waals surface area contributed by atoms with Crippen molar-refractivity contribution in [1.29, 1.82) is 0 Å². The van der Waals surface area contributed by atoms with Gasteiger partial charge in [0.1, 0.15) is 0 Å². The first-order valence-corrected chi connectivity index (χ1v) is 7.65. The SMILES string of the molecule is CNC(=O)Cc1ccccc1NC1CCC(C)C(C)C1. The number of para-hydroxylation sites is 1. The van der Waals surface area contributed by atoms with Crippen molar-refractivity contribution in [3.8, 4) is 0 Å². The fourth-order valence-corrected chi connectivity index (χ4v) is 2.98. The summed E-state index contributed by atoms with van der Waals surface area (Å²) in [6.45, 7) is 4.69. The minimum absolute atomic E-state index is 0.0601. The van der Waals surface area contributed by atoms with Crippen LogP contribution in [0.2, 0.25) is 0 Å². The normalized spacial score (nSPS) is 26.1. The van der Waals surface area contributed by atoms with E-state index in [9.17, 15) is 4.79 Å². The highest BCUT2D eigenvalue weighted by atomic mass is 16.1. The molecule has 1 aromatic rings. The third-order valence-electron chi connectivity index (χ3n) is 4.61. The average molecular weight is 274 g/mol. The van der Waals surface area contributed by atoms with E-state index in [1.165, 1.54) is 19.3 Å². The number of nitrogens with one attached hydrogen (secondary N) is 2. The van der Waals surface area contributed by atoms with Crippen LogP contribution in [0.3, 0.4) is 0 Å².